The second-order valence-electron chi connectivity index (χ2n) is 6.81. The lowest BCUT2D eigenvalue weighted by molar-refractivity contribution is 0.547. The molecule has 0 saturated heterocycles. The van der Waals surface area contributed by atoms with Crippen molar-refractivity contribution < 1.29 is 0 Å². The van der Waals surface area contributed by atoms with E-state index in [1.54, 1.807) is 0 Å². The van der Waals surface area contributed by atoms with Crippen LogP contribution in [0, 0.1) is 11.8 Å². The topological polar surface area (TPSA) is 28.2 Å². The summed E-state index contributed by atoms with van der Waals surface area (Å²) in [6.07, 6.45) is 2.72. The molecule has 0 aromatic carbocycles. The molecule has 0 spiro atoms. The van der Waals surface area contributed by atoms with E-state index in [1.807, 2.05) is 6.07 Å². The highest BCUT2D eigenvalue weighted by molar-refractivity contribution is 6.31. The maximum atomic E-state index is 6.29. The molecular weight excluding hydrogens is 282 g/mol. The minimum absolute atomic E-state index is 0.468. The molecule has 1 fully saturated rings. The summed E-state index contributed by atoms with van der Waals surface area (Å²) in [5.41, 5.74) is 0.955. The molecule has 0 aliphatic heterocycles. The second kappa shape index (κ2) is 7.46. The first kappa shape index (κ1) is 16.6. The molecule has 1 aliphatic carbocycles. The predicted octanol–water partition coefficient (Wildman–Crippen LogP) is 4.11. The number of anilines is 1. The first-order chi connectivity index (χ1) is 9.97. The van der Waals surface area contributed by atoms with Gasteiger partial charge in [-0.05, 0) is 57.2 Å². The van der Waals surface area contributed by atoms with Gasteiger partial charge in [0.25, 0.3) is 0 Å². The SMILES string of the molecule is CC(C)CNCc1nc(N(CC2CC2)C(C)C)ccc1Cl. The number of aromatic nitrogens is 1. The summed E-state index contributed by atoms with van der Waals surface area (Å²) in [6, 6.07) is 4.51. The molecule has 0 bridgehead atoms. The molecule has 1 heterocycles. The van der Waals surface area contributed by atoms with Crippen LogP contribution >= 0.6 is 11.6 Å². The Kier molecular flexibility index (Phi) is 5.88. The van der Waals surface area contributed by atoms with Crippen LogP contribution in [0.25, 0.3) is 0 Å². The van der Waals surface area contributed by atoms with Gasteiger partial charge in [-0.15, -0.1) is 0 Å². The third kappa shape index (κ3) is 5.15. The van der Waals surface area contributed by atoms with Gasteiger partial charge in [-0.1, -0.05) is 25.4 Å². The molecule has 0 unspecified atom stereocenters. The Morgan fingerprint density at radius 3 is 2.57 bits per heavy atom. The summed E-state index contributed by atoms with van der Waals surface area (Å²) in [5, 5.41) is 4.18. The zero-order valence-corrected chi connectivity index (χ0v) is 14.5. The number of nitrogens with zero attached hydrogens (tertiary/aromatic N) is 2. The Hall–Kier alpha value is -0.800. The van der Waals surface area contributed by atoms with Gasteiger partial charge in [-0.25, -0.2) is 4.98 Å². The molecule has 21 heavy (non-hydrogen) atoms. The molecule has 2 rings (SSSR count). The lowest BCUT2D eigenvalue weighted by Crippen LogP contribution is -2.33. The minimum atomic E-state index is 0.468. The van der Waals surface area contributed by atoms with Gasteiger partial charge in [0.05, 0.1) is 10.7 Å². The van der Waals surface area contributed by atoms with Gasteiger partial charge in [0.15, 0.2) is 0 Å². The molecule has 1 aromatic rings. The Labute approximate surface area is 134 Å². The molecule has 0 amide bonds. The molecule has 1 saturated carbocycles. The number of nitrogens with one attached hydrogen (secondary N) is 1. The van der Waals surface area contributed by atoms with Gasteiger partial charge >= 0.3 is 0 Å². The molecule has 118 valence electrons. The van der Waals surface area contributed by atoms with Crippen LogP contribution in [0.2, 0.25) is 5.02 Å². The average Bonchev–Trinajstić information content (AvgIpc) is 3.22. The molecule has 3 nitrogen and oxygen atoms in total. The standard InChI is InChI=1S/C17H28ClN3/c1-12(2)9-19-10-16-15(18)7-8-17(20-16)21(13(3)4)11-14-5-6-14/h7-8,12-14,19H,5-6,9-11H2,1-4H3. The van der Waals surface area contributed by atoms with Gasteiger partial charge in [-0.3, -0.25) is 0 Å². The van der Waals surface area contributed by atoms with E-state index in [4.69, 9.17) is 16.6 Å². The summed E-state index contributed by atoms with van der Waals surface area (Å²) < 4.78 is 0. The van der Waals surface area contributed by atoms with E-state index in [0.717, 1.165) is 42.1 Å². The molecule has 1 aliphatic rings. The first-order valence-electron chi connectivity index (χ1n) is 8.10. The van der Waals surface area contributed by atoms with Crippen LogP contribution in [-0.4, -0.2) is 24.1 Å². The quantitative estimate of drug-likeness (QED) is 0.783. The van der Waals surface area contributed by atoms with Gasteiger partial charge in [0, 0.05) is 19.1 Å². The molecule has 0 atom stereocenters. The second-order valence-corrected chi connectivity index (χ2v) is 7.22. The van der Waals surface area contributed by atoms with Gasteiger partial charge in [-0.2, -0.15) is 0 Å². The van der Waals surface area contributed by atoms with E-state index in [9.17, 15) is 0 Å². The normalized spacial score (nSPS) is 15.0. The van der Waals surface area contributed by atoms with Crippen molar-refractivity contribution in [3.05, 3.63) is 22.8 Å². The van der Waals surface area contributed by atoms with E-state index < -0.39 is 0 Å². The minimum Gasteiger partial charge on any atom is -0.354 e. The fourth-order valence-electron chi connectivity index (χ4n) is 2.38. The van der Waals surface area contributed by atoms with E-state index in [0.29, 0.717) is 12.0 Å². The van der Waals surface area contributed by atoms with Crippen molar-refractivity contribution in [1.29, 1.82) is 0 Å². The molecule has 1 aromatic heterocycles. The molecule has 1 N–H and O–H groups in total. The Balaban J connectivity index is 2.07. The monoisotopic (exact) mass is 309 g/mol. The van der Waals surface area contributed by atoms with Crippen molar-refractivity contribution in [3.63, 3.8) is 0 Å². The number of pyridine rings is 1. The number of hydrogen-bond donors (Lipinski definition) is 1. The van der Waals surface area contributed by atoms with Crippen LogP contribution in [0.1, 0.15) is 46.2 Å². The summed E-state index contributed by atoms with van der Waals surface area (Å²) in [4.78, 5) is 7.21. The van der Waals surface area contributed by atoms with Crippen LogP contribution in [-0.2, 0) is 6.54 Å². The summed E-state index contributed by atoms with van der Waals surface area (Å²) >= 11 is 6.29. The third-order valence-corrected chi connectivity index (χ3v) is 4.16. The lowest BCUT2D eigenvalue weighted by atomic mass is 10.2. The number of halogens is 1. The van der Waals surface area contributed by atoms with Crippen LogP contribution < -0.4 is 10.2 Å². The first-order valence-corrected chi connectivity index (χ1v) is 8.48. The van der Waals surface area contributed by atoms with Crippen molar-refractivity contribution in [2.75, 3.05) is 18.0 Å². The van der Waals surface area contributed by atoms with Crippen LogP contribution in [0.4, 0.5) is 5.82 Å². The highest BCUT2D eigenvalue weighted by Gasteiger charge is 2.26. The molecule has 4 heteroatoms. The lowest BCUT2D eigenvalue weighted by Gasteiger charge is -2.28. The summed E-state index contributed by atoms with van der Waals surface area (Å²) in [7, 11) is 0. The van der Waals surface area contributed by atoms with Crippen molar-refractivity contribution in [3.8, 4) is 0 Å². The van der Waals surface area contributed by atoms with Crippen LogP contribution in [0.15, 0.2) is 12.1 Å². The highest BCUT2D eigenvalue weighted by atomic mass is 35.5. The fourth-order valence-corrected chi connectivity index (χ4v) is 2.56. The van der Waals surface area contributed by atoms with E-state index in [2.05, 4.69) is 44.0 Å². The van der Waals surface area contributed by atoms with Crippen molar-refractivity contribution in [2.24, 2.45) is 11.8 Å². The number of hydrogen-bond acceptors (Lipinski definition) is 3. The summed E-state index contributed by atoms with van der Waals surface area (Å²) in [6.45, 7) is 11.7. The zero-order chi connectivity index (χ0) is 15.4. The average molecular weight is 310 g/mol. The molecular formula is C17H28ClN3. The largest absolute Gasteiger partial charge is 0.354 e. The van der Waals surface area contributed by atoms with Crippen LogP contribution in [0.5, 0.6) is 0 Å². The van der Waals surface area contributed by atoms with Gasteiger partial charge in [0.2, 0.25) is 0 Å². The van der Waals surface area contributed by atoms with E-state index in [-0.39, 0.29) is 0 Å². The van der Waals surface area contributed by atoms with Gasteiger partial charge in [0.1, 0.15) is 5.82 Å². The highest BCUT2D eigenvalue weighted by Crippen LogP contribution is 2.32. The Morgan fingerprint density at radius 1 is 1.29 bits per heavy atom. The van der Waals surface area contributed by atoms with E-state index >= 15 is 0 Å². The van der Waals surface area contributed by atoms with Crippen molar-refractivity contribution in [2.45, 2.75) is 53.1 Å². The number of rotatable bonds is 8. The Bertz CT molecular complexity index is 455. The van der Waals surface area contributed by atoms with Crippen molar-refractivity contribution >= 4 is 17.4 Å². The Morgan fingerprint density at radius 2 is 2.00 bits per heavy atom. The molecule has 0 radical (unpaired) electrons. The maximum Gasteiger partial charge on any atom is 0.129 e. The zero-order valence-electron chi connectivity index (χ0n) is 13.7. The fraction of sp³-hybridized carbons (Fsp3) is 0.706. The maximum absolute atomic E-state index is 6.29. The van der Waals surface area contributed by atoms with Crippen molar-refractivity contribution in [1.82, 2.24) is 10.3 Å². The third-order valence-electron chi connectivity index (χ3n) is 3.82. The van der Waals surface area contributed by atoms with Crippen LogP contribution in [0.3, 0.4) is 0 Å². The smallest absolute Gasteiger partial charge is 0.129 e. The predicted molar refractivity (Wildman–Crippen MR) is 91.0 cm³/mol. The van der Waals surface area contributed by atoms with Gasteiger partial charge < -0.3 is 10.2 Å². The summed E-state index contributed by atoms with van der Waals surface area (Å²) in [5.74, 6) is 2.55. The van der Waals surface area contributed by atoms with E-state index in [1.165, 1.54) is 12.8 Å².